The lowest BCUT2D eigenvalue weighted by Crippen LogP contribution is -1.98. The Morgan fingerprint density at radius 1 is 0.262 bits per heavy atom. The molecule has 11 aromatic carbocycles. The normalized spacial score (nSPS) is 11.7. The van der Waals surface area contributed by atoms with Crippen molar-refractivity contribution < 1.29 is 0 Å². The molecule has 0 fully saturated rings. The van der Waals surface area contributed by atoms with E-state index >= 15 is 0 Å². The molecular weight excluding hydrogens is 789 g/mol. The maximum Gasteiger partial charge on any atom is 0.114 e. The van der Waals surface area contributed by atoms with Crippen LogP contribution in [-0.4, -0.2) is 20.0 Å². The van der Waals surface area contributed by atoms with Crippen LogP contribution in [0.25, 0.3) is 126 Å². The van der Waals surface area contributed by atoms with Gasteiger partial charge in [-0.2, -0.15) is 4.80 Å². The molecule has 302 valence electrons. The van der Waals surface area contributed by atoms with Gasteiger partial charge < -0.3 is 0 Å². The maximum atomic E-state index is 5.06. The molecule has 2 heterocycles. The monoisotopic (exact) mass is 826 g/mol. The number of rotatable bonds is 6. The Morgan fingerprint density at radius 3 is 1.29 bits per heavy atom. The highest BCUT2D eigenvalue weighted by Gasteiger charge is 2.20. The van der Waals surface area contributed by atoms with Crippen molar-refractivity contribution in [1.82, 2.24) is 20.0 Å². The summed E-state index contributed by atoms with van der Waals surface area (Å²) in [7, 11) is 0. The van der Waals surface area contributed by atoms with E-state index in [1.165, 1.54) is 76.5 Å². The molecule has 0 aliphatic rings. The van der Waals surface area contributed by atoms with Crippen molar-refractivity contribution in [3.8, 4) is 61.3 Å². The number of hydrogen-bond donors (Lipinski definition) is 0. The molecule has 0 amide bonds. The predicted molar refractivity (Wildman–Crippen MR) is 271 cm³/mol. The zero-order chi connectivity index (χ0) is 42.8. The van der Waals surface area contributed by atoms with Crippen LogP contribution >= 0.6 is 0 Å². The Balaban J connectivity index is 0.899. The van der Waals surface area contributed by atoms with E-state index in [1.54, 1.807) is 4.80 Å². The summed E-state index contributed by atoms with van der Waals surface area (Å²) in [6, 6.07) is 80.4. The highest BCUT2D eigenvalue weighted by Crippen LogP contribution is 2.46. The molecule has 0 aliphatic heterocycles. The molecule has 0 saturated carbocycles. The van der Waals surface area contributed by atoms with Crippen LogP contribution in [0.3, 0.4) is 0 Å². The lowest BCUT2D eigenvalue weighted by Gasteiger charge is -2.18. The third-order valence-electron chi connectivity index (χ3n) is 13.1. The summed E-state index contributed by atoms with van der Waals surface area (Å²) in [5.41, 5.74) is 15.4. The second-order valence-electron chi connectivity index (χ2n) is 16.8. The topological polar surface area (TPSA) is 43.6 Å². The fraction of sp³-hybridized carbons (Fsp3) is 0. The summed E-state index contributed by atoms with van der Waals surface area (Å²) in [6.45, 7) is 0. The number of nitrogens with zero attached hydrogens (tertiary/aromatic N) is 4. The van der Waals surface area contributed by atoms with Gasteiger partial charge in [0, 0.05) is 17.1 Å². The molecule has 13 rings (SSSR count). The zero-order valence-electron chi connectivity index (χ0n) is 35.2. The van der Waals surface area contributed by atoms with Crippen molar-refractivity contribution in [3.63, 3.8) is 0 Å². The average molecular weight is 827 g/mol. The third-order valence-corrected chi connectivity index (χ3v) is 13.1. The molecule has 0 atom stereocenters. The first-order chi connectivity index (χ1) is 32.2. The van der Waals surface area contributed by atoms with Crippen LogP contribution in [0.5, 0.6) is 0 Å². The Kier molecular flexibility index (Phi) is 8.50. The van der Waals surface area contributed by atoms with Crippen LogP contribution in [-0.2, 0) is 0 Å². The summed E-state index contributed by atoms with van der Waals surface area (Å²) in [4.78, 5) is 6.62. The minimum absolute atomic E-state index is 0.842. The van der Waals surface area contributed by atoms with Crippen molar-refractivity contribution in [2.75, 3.05) is 0 Å². The van der Waals surface area contributed by atoms with Crippen LogP contribution in [0.15, 0.2) is 231 Å². The molecule has 0 unspecified atom stereocenters. The minimum atomic E-state index is 0.842. The van der Waals surface area contributed by atoms with Gasteiger partial charge in [0.05, 0.1) is 11.2 Å². The van der Waals surface area contributed by atoms with Crippen LogP contribution in [0, 0.1) is 0 Å². The first kappa shape index (κ1) is 36.9. The zero-order valence-corrected chi connectivity index (χ0v) is 35.2. The summed E-state index contributed by atoms with van der Waals surface area (Å²) in [5.74, 6) is 0. The van der Waals surface area contributed by atoms with Gasteiger partial charge in [-0.1, -0.05) is 182 Å². The third kappa shape index (κ3) is 6.11. The number of pyridine rings is 1. The standard InChI is InChI=1S/C61H38N4/c1-3-15-39(16-4-1)58-47-20-8-11-23-50(47)60(40-17-5-2-6-18-40)54-36-42(29-33-53(54)58)43-30-34-56-57(37-43)64-65(63-56)46-31-27-41(28-32-46)59-48-21-9-12-24-51(48)61(52-25-13-10-22-49(52)59)45-35-44-19-7-14-26-55(44)62-38-45/h1-38H. The number of benzene rings is 11. The van der Waals surface area contributed by atoms with Gasteiger partial charge in [0.1, 0.15) is 11.0 Å². The molecule has 0 spiro atoms. The van der Waals surface area contributed by atoms with Crippen LogP contribution < -0.4 is 0 Å². The van der Waals surface area contributed by atoms with Crippen molar-refractivity contribution in [2.24, 2.45) is 0 Å². The molecule has 0 saturated heterocycles. The fourth-order valence-electron chi connectivity index (χ4n) is 10.1. The number of para-hydroxylation sites is 1. The Labute approximate surface area is 375 Å². The van der Waals surface area contributed by atoms with Gasteiger partial charge >= 0.3 is 0 Å². The fourth-order valence-corrected chi connectivity index (χ4v) is 10.1. The maximum absolute atomic E-state index is 5.06. The molecule has 4 nitrogen and oxygen atoms in total. The largest absolute Gasteiger partial charge is 0.256 e. The van der Waals surface area contributed by atoms with Gasteiger partial charge in [0.25, 0.3) is 0 Å². The summed E-state index contributed by atoms with van der Waals surface area (Å²) < 4.78 is 0. The van der Waals surface area contributed by atoms with E-state index < -0.39 is 0 Å². The number of fused-ring (bicyclic) bond motifs is 6. The van der Waals surface area contributed by atoms with Gasteiger partial charge in [0.2, 0.25) is 0 Å². The lowest BCUT2D eigenvalue weighted by atomic mass is 9.85. The van der Waals surface area contributed by atoms with Crippen LogP contribution in [0.2, 0.25) is 0 Å². The van der Waals surface area contributed by atoms with Gasteiger partial charge in [-0.05, 0) is 136 Å². The minimum Gasteiger partial charge on any atom is -0.256 e. The van der Waals surface area contributed by atoms with Gasteiger partial charge in [-0.15, -0.1) is 10.2 Å². The Bertz CT molecular complexity index is 3930. The molecular formula is C61H38N4. The second-order valence-corrected chi connectivity index (χ2v) is 16.8. The van der Waals surface area contributed by atoms with E-state index in [0.717, 1.165) is 49.9 Å². The van der Waals surface area contributed by atoms with Crippen molar-refractivity contribution >= 4 is 65.0 Å². The first-order valence-corrected chi connectivity index (χ1v) is 22.1. The molecule has 0 radical (unpaired) electrons. The molecule has 4 heteroatoms. The van der Waals surface area contributed by atoms with Crippen molar-refractivity contribution in [1.29, 1.82) is 0 Å². The summed E-state index contributed by atoms with van der Waals surface area (Å²) in [6.07, 6.45) is 2.02. The van der Waals surface area contributed by atoms with E-state index in [0.29, 0.717) is 0 Å². The highest BCUT2D eigenvalue weighted by atomic mass is 15.5. The summed E-state index contributed by atoms with van der Waals surface area (Å²) in [5, 5.41) is 20.9. The molecule has 65 heavy (non-hydrogen) atoms. The van der Waals surface area contributed by atoms with E-state index in [-0.39, 0.29) is 0 Å². The van der Waals surface area contributed by atoms with E-state index in [1.807, 2.05) is 12.3 Å². The quantitative estimate of drug-likeness (QED) is 0.157. The lowest BCUT2D eigenvalue weighted by molar-refractivity contribution is 0.766. The molecule has 2 aromatic heterocycles. The second kappa shape index (κ2) is 15.0. The summed E-state index contributed by atoms with van der Waals surface area (Å²) >= 11 is 0. The van der Waals surface area contributed by atoms with Crippen molar-refractivity contribution in [3.05, 3.63) is 231 Å². The predicted octanol–water partition coefficient (Wildman–Crippen LogP) is 15.9. The Hall–Kier alpha value is -8.73. The highest BCUT2D eigenvalue weighted by molar-refractivity contribution is 6.23. The SMILES string of the molecule is c1ccc(-c2c3ccccc3c(-c3ccccc3)c3cc(-c4ccc5nn(-c6ccc(-c7c8ccccc8c(-c8cnc9ccccc9c8)c8ccccc78)cc6)nc5c4)ccc23)cc1. The van der Waals surface area contributed by atoms with Crippen LogP contribution in [0.1, 0.15) is 0 Å². The average Bonchev–Trinajstić information content (AvgIpc) is 3.81. The van der Waals surface area contributed by atoms with E-state index in [9.17, 15) is 0 Å². The van der Waals surface area contributed by atoms with E-state index in [4.69, 9.17) is 15.2 Å². The van der Waals surface area contributed by atoms with E-state index in [2.05, 4.69) is 218 Å². The smallest absolute Gasteiger partial charge is 0.114 e. The number of hydrogen-bond acceptors (Lipinski definition) is 3. The molecule has 0 aliphatic carbocycles. The molecule has 13 aromatic rings. The first-order valence-electron chi connectivity index (χ1n) is 22.1. The van der Waals surface area contributed by atoms with Gasteiger partial charge in [-0.25, -0.2) is 0 Å². The number of aromatic nitrogens is 4. The molecule has 0 N–H and O–H groups in total. The van der Waals surface area contributed by atoms with Gasteiger partial charge in [0.15, 0.2) is 0 Å². The van der Waals surface area contributed by atoms with Crippen molar-refractivity contribution in [2.45, 2.75) is 0 Å². The van der Waals surface area contributed by atoms with Gasteiger partial charge in [-0.3, -0.25) is 4.98 Å². The Morgan fingerprint density at radius 2 is 0.692 bits per heavy atom. The molecule has 0 bridgehead atoms. The van der Waals surface area contributed by atoms with Crippen LogP contribution in [0.4, 0.5) is 0 Å².